The summed E-state index contributed by atoms with van der Waals surface area (Å²) in [6.07, 6.45) is -0.211. The van der Waals surface area contributed by atoms with E-state index in [1.165, 1.54) is 32.6 Å². The molecule has 34 heavy (non-hydrogen) atoms. The molecule has 1 amide bonds. The number of hydrogen-bond acceptors (Lipinski definition) is 6. The maximum Gasteiger partial charge on any atom is 0.410 e. The summed E-state index contributed by atoms with van der Waals surface area (Å²) in [5.74, 6) is 0. The summed E-state index contributed by atoms with van der Waals surface area (Å²) in [6, 6.07) is 15.3. The number of benzene rings is 2. The van der Waals surface area contributed by atoms with Crippen LogP contribution in [-0.2, 0) is 11.3 Å². The Balaban J connectivity index is 1.18. The molecule has 6 nitrogen and oxygen atoms in total. The van der Waals surface area contributed by atoms with Crippen molar-refractivity contribution < 1.29 is 9.53 Å². The summed E-state index contributed by atoms with van der Waals surface area (Å²) < 4.78 is 6.99. The van der Waals surface area contributed by atoms with Gasteiger partial charge in [0.15, 0.2) is 0 Å². The molecule has 0 radical (unpaired) electrons. The predicted octanol–water partition coefficient (Wildman–Crippen LogP) is 4.73. The fourth-order valence-corrected chi connectivity index (χ4v) is 6.00. The molecular weight excluding hydrogens is 444 g/mol. The van der Waals surface area contributed by atoms with Crippen LogP contribution in [0.2, 0.25) is 0 Å². The van der Waals surface area contributed by atoms with Crippen molar-refractivity contribution in [3.63, 3.8) is 0 Å². The number of likely N-dealkylation sites (N-methyl/N-ethyl adjacent to an activating group) is 1. The highest BCUT2D eigenvalue weighted by molar-refractivity contribution is 7.19. The molecule has 0 saturated carbocycles. The van der Waals surface area contributed by atoms with Gasteiger partial charge in [0.2, 0.25) is 0 Å². The van der Waals surface area contributed by atoms with Gasteiger partial charge in [-0.05, 0) is 50.7 Å². The van der Waals surface area contributed by atoms with E-state index in [-0.39, 0.29) is 6.09 Å². The van der Waals surface area contributed by atoms with Gasteiger partial charge in [0.1, 0.15) is 6.61 Å². The predicted molar refractivity (Wildman–Crippen MR) is 141 cm³/mol. The van der Waals surface area contributed by atoms with Crippen LogP contribution in [0.25, 0.3) is 10.1 Å². The molecule has 1 aromatic heterocycles. The lowest BCUT2D eigenvalue weighted by atomic mass is 10.1. The summed E-state index contributed by atoms with van der Waals surface area (Å²) in [7, 11) is 2.18. The monoisotopic (exact) mass is 478 g/mol. The second kappa shape index (κ2) is 9.84. The number of carbonyl (C=O) groups is 1. The first kappa shape index (κ1) is 23.0. The molecule has 5 rings (SSSR count). The number of anilines is 2. The average Bonchev–Trinajstić information content (AvgIpc) is 3.27. The second-order valence-electron chi connectivity index (χ2n) is 9.51. The number of aryl methyl sites for hydroxylation is 2. The van der Waals surface area contributed by atoms with Gasteiger partial charge in [-0.25, -0.2) is 4.79 Å². The van der Waals surface area contributed by atoms with Gasteiger partial charge in [-0.15, -0.1) is 11.3 Å². The molecule has 2 aliphatic heterocycles. The molecule has 3 heterocycles. The maximum absolute atomic E-state index is 12.8. The molecule has 2 saturated heterocycles. The lowest BCUT2D eigenvalue weighted by molar-refractivity contribution is 0.0950. The van der Waals surface area contributed by atoms with Crippen molar-refractivity contribution in [2.24, 2.45) is 0 Å². The first-order valence-electron chi connectivity index (χ1n) is 12.2. The highest BCUT2D eigenvalue weighted by Gasteiger charge is 2.24. The fraction of sp³-hybridized carbons (Fsp3) is 0.444. The number of rotatable bonds is 4. The SMILES string of the molecule is Cc1ccc(N2CCN(C(=O)OCc3cc4c(N5CCN(C)CC5)cccc4s3)CC2)c(C)c1. The van der Waals surface area contributed by atoms with Crippen molar-refractivity contribution in [3.05, 3.63) is 58.5 Å². The van der Waals surface area contributed by atoms with Crippen molar-refractivity contribution in [1.29, 1.82) is 0 Å². The topological polar surface area (TPSA) is 39.3 Å². The van der Waals surface area contributed by atoms with Crippen LogP contribution in [0.5, 0.6) is 0 Å². The molecule has 0 N–H and O–H groups in total. The third-order valence-corrected chi connectivity index (χ3v) is 8.08. The maximum atomic E-state index is 12.8. The number of nitrogens with zero attached hydrogens (tertiary/aromatic N) is 4. The smallest absolute Gasteiger partial charge is 0.410 e. The van der Waals surface area contributed by atoms with Crippen LogP contribution in [0.1, 0.15) is 16.0 Å². The number of thiophene rings is 1. The lowest BCUT2D eigenvalue weighted by Gasteiger charge is -2.36. The van der Waals surface area contributed by atoms with Gasteiger partial charge in [-0.2, -0.15) is 0 Å². The van der Waals surface area contributed by atoms with Gasteiger partial charge in [0.05, 0.1) is 0 Å². The van der Waals surface area contributed by atoms with Crippen molar-refractivity contribution in [3.8, 4) is 0 Å². The molecule has 0 unspecified atom stereocenters. The van der Waals surface area contributed by atoms with E-state index >= 15 is 0 Å². The molecule has 0 atom stereocenters. The third kappa shape index (κ3) is 4.86. The molecule has 7 heteroatoms. The van der Waals surface area contributed by atoms with Gasteiger partial charge in [0, 0.05) is 78.7 Å². The zero-order valence-corrected chi connectivity index (χ0v) is 21.2. The number of piperazine rings is 2. The molecule has 180 valence electrons. The van der Waals surface area contributed by atoms with Crippen molar-refractivity contribution in [2.75, 3.05) is 69.2 Å². The summed E-state index contributed by atoms with van der Waals surface area (Å²) in [5, 5.41) is 1.27. The van der Waals surface area contributed by atoms with E-state index in [9.17, 15) is 4.79 Å². The molecule has 3 aromatic rings. The molecule has 0 bridgehead atoms. The Morgan fingerprint density at radius 3 is 2.32 bits per heavy atom. The van der Waals surface area contributed by atoms with Crippen molar-refractivity contribution >= 4 is 38.9 Å². The number of carbonyl (C=O) groups excluding carboxylic acids is 1. The third-order valence-electron chi connectivity index (χ3n) is 7.00. The van der Waals surface area contributed by atoms with Gasteiger partial charge in [-0.1, -0.05) is 23.8 Å². The minimum atomic E-state index is -0.211. The number of fused-ring (bicyclic) bond motifs is 1. The van der Waals surface area contributed by atoms with E-state index < -0.39 is 0 Å². The van der Waals surface area contributed by atoms with E-state index in [4.69, 9.17) is 4.74 Å². The molecule has 2 fully saturated rings. The molecule has 0 aliphatic carbocycles. The van der Waals surface area contributed by atoms with Crippen LogP contribution in [-0.4, -0.2) is 75.3 Å². The first-order valence-corrected chi connectivity index (χ1v) is 13.0. The van der Waals surface area contributed by atoms with E-state index in [1.54, 1.807) is 11.3 Å². The van der Waals surface area contributed by atoms with Crippen LogP contribution in [0.15, 0.2) is 42.5 Å². The van der Waals surface area contributed by atoms with Crippen LogP contribution >= 0.6 is 11.3 Å². The van der Waals surface area contributed by atoms with Crippen LogP contribution < -0.4 is 9.80 Å². The van der Waals surface area contributed by atoms with E-state index in [0.717, 1.165) is 44.1 Å². The second-order valence-corrected chi connectivity index (χ2v) is 10.7. The largest absolute Gasteiger partial charge is 0.444 e. The van der Waals surface area contributed by atoms with E-state index in [1.807, 2.05) is 4.90 Å². The highest BCUT2D eigenvalue weighted by Crippen LogP contribution is 2.34. The van der Waals surface area contributed by atoms with Gasteiger partial charge in [0.25, 0.3) is 0 Å². The minimum Gasteiger partial charge on any atom is -0.444 e. The summed E-state index contributed by atoms with van der Waals surface area (Å²) in [4.78, 5) is 22.9. The Morgan fingerprint density at radius 2 is 1.59 bits per heavy atom. The number of amides is 1. The molecular formula is C27H34N4O2S. The van der Waals surface area contributed by atoms with Gasteiger partial charge >= 0.3 is 6.09 Å². The lowest BCUT2D eigenvalue weighted by Crippen LogP contribution is -2.49. The minimum absolute atomic E-state index is 0.211. The number of hydrogen-bond donors (Lipinski definition) is 0. The molecule has 2 aromatic carbocycles. The average molecular weight is 479 g/mol. The van der Waals surface area contributed by atoms with Crippen LogP contribution in [0, 0.1) is 13.8 Å². The summed E-state index contributed by atoms with van der Waals surface area (Å²) in [5.41, 5.74) is 5.12. The van der Waals surface area contributed by atoms with E-state index in [0.29, 0.717) is 19.7 Å². The highest BCUT2D eigenvalue weighted by atomic mass is 32.1. The Hall–Kier alpha value is -2.77. The Kier molecular flexibility index (Phi) is 6.66. The standard InChI is InChI=1S/C27H34N4O2S/c1-20-7-8-24(21(2)17-20)29-13-15-31(16-14-29)27(32)33-19-22-18-23-25(5-4-6-26(23)34-22)30-11-9-28(3)10-12-30/h4-8,17-18H,9-16,19H2,1-3H3. The summed E-state index contributed by atoms with van der Waals surface area (Å²) >= 11 is 1.72. The van der Waals surface area contributed by atoms with Gasteiger partial charge < -0.3 is 24.3 Å². The quantitative estimate of drug-likeness (QED) is 0.542. The van der Waals surface area contributed by atoms with Crippen molar-refractivity contribution in [1.82, 2.24) is 9.80 Å². The van der Waals surface area contributed by atoms with Crippen LogP contribution in [0.4, 0.5) is 16.2 Å². The Labute approximate surface area is 206 Å². The van der Waals surface area contributed by atoms with Crippen LogP contribution in [0.3, 0.4) is 0 Å². The normalized spacial score (nSPS) is 17.4. The zero-order valence-electron chi connectivity index (χ0n) is 20.4. The zero-order chi connectivity index (χ0) is 23.7. The Bertz CT molecular complexity index is 1160. The van der Waals surface area contributed by atoms with Crippen molar-refractivity contribution in [2.45, 2.75) is 20.5 Å². The molecule has 0 spiro atoms. The fourth-order valence-electron chi connectivity index (χ4n) is 5.01. The van der Waals surface area contributed by atoms with Gasteiger partial charge in [-0.3, -0.25) is 0 Å². The molecule has 2 aliphatic rings. The number of ether oxygens (including phenoxy) is 1. The van der Waals surface area contributed by atoms with E-state index in [2.05, 4.69) is 78.1 Å². The first-order chi connectivity index (χ1) is 16.5. The Morgan fingerprint density at radius 1 is 0.882 bits per heavy atom. The summed E-state index contributed by atoms with van der Waals surface area (Å²) in [6.45, 7) is 11.9.